The van der Waals surface area contributed by atoms with Gasteiger partial charge >= 0.3 is 0 Å². The zero-order valence-corrected chi connectivity index (χ0v) is 24.1. The lowest BCUT2D eigenvalue weighted by atomic mass is 9.92. The predicted octanol–water partition coefficient (Wildman–Crippen LogP) is 9.46. The molecule has 0 saturated heterocycles. The Kier molecular flexibility index (Phi) is 5.60. The van der Waals surface area contributed by atoms with Gasteiger partial charge in [0.05, 0.1) is 33.8 Å². The van der Waals surface area contributed by atoms with Gasteiger partial charge in [0.15, 0.2) is 0 Å². The standard InChI is InChI=1S/C40H28N4/c1-3-13-27(14-4-1)33-19-11-23-37(41-33)43-35-21-9-7-17-29(35)31-25-26-32-30-18-8-10-22-36(30)44(40(32)39(31)43)38-24-12-20-34(42-38)28-15-5-2-6-16-28/h1-24H,25-26H2. The van der Waals surface area contributed by atoms with Crippen molar-refractivity contribution in [2.24, 2.45) is 0 Å². The van der Waals surface area contributed by atoms with Crippen LogP contribution in [0.4, 0.5) is 0 Å². The fourth-order valence-corrected chi connectivity index (χ4v) is 6.98. The van der Waals surface area contributed by atoms with Crippen molar-refractivity contribution >= 4 is 21.8 Å². The molecule has 4 nitrogen and oxygen atoms in total. The minimum atomic E-state index is 0.916. The lowest BCUT2D eigenvalue weighted by Gasteiger charge is -2.21. The molecule has 0 amide bonds. The zero-order chi connectivity index (χ0) is 29.0. The third-order valence-electron chi connectivity index (χ3n) is 8.87. The first kappa shape index (κ1) is 24.8. The van der Waals surface area contributed by atoms with Crippen LogP contribution in [-0.4, -0.2) is 19.1 Å². The van der Waals surface area contributed by atoms with Crippen molar-refractivity contribution in [3.05, 3.63) is 157 Å². The van der Waals surface area contributed by atoms with E-state index >= 15 is 0 Å². The number of rotatable bonds is 4. The van der Waals surface area contributed by atoms with Gasteiger partial charge in [-0.05, 0) is 60.4 Å². The number of aryl methyl sites for hydroxylation is 2. The van der Waals surface area contributed by atoms with Crippen molar-refractivity contribution in [1.29, 1.82) is 0 Å². The molecular weight excluding hydrogens is 536 g/mol. The molecule has 0 aliphatic heterocycles. The fourth-order valence-electron chi connectivity index (χ4n) is 6.98. The highest BCUT2D eigenvalue weighted by Gasteiger charge is 2.31. The number of para-hydroxylation sites is 2. The van der Waals surface area contributed by atoms with Crippen LogP contribution in [-0.2, 0) is 12.8 Å². The summed E-state index contributed by atoms with van der Waals surface area (Å²) < 4.78 is 4.76. The maximum Gasteiger partial charge on any atom is 0.138 e. The highest BCUT2D eigenvalue weighted by atomic mass is 15.1. The smallest absolute Gasteiger partial charge is 0.138 e. The molecule has 4 aromatic heterocycles. The van der Waals surface area contributed by atoms with E-state index in [0.717, 1.165) is 47.0 Å². The van der Waals surface area contributed by atoms with Gasteiger partial charge in [0.25, 0.3) is 0 Å². The van der Waals surface area contributed by atoms with Crippen LogP contribution in [0.2, 0.25) is 0 Å². The van der Waals surface area contributed by atoms with E-state index < -0.39 is 0 Å². The lowest BCUT2D eigenvalue weighted by molar-refractivity contribution is 0.907. The summed E-state index contributed by atoms with van der Waals surface area (Å²) in [4.78, 5) is 10.5. The van der Waals surface area contributed by atoms with Gasteiger partial charge in [-0.25, -0.2) is 9.97 Å². The minimum Gasteiger partial charge on any atom is -0.292 e. The summed E-state index contributed by atoms with van der Waals surface area (Å²) >= 11 is 0. The van der Waals surface area contributed by atoms with Crippen molar-refractivity contribution in [2.45, 2.75) is 12.8 Å². The number of hydrogen-bond acceptors (Lipinski definition) is 2. The van der Waals surface area contributed by atoms with Gasteiger partial charge in [-0.2, -0.15) is 0 Å². The van der Waals surface area contributed by atoms with Crippen LogP contribution in [0.3, 0.4) is 0 Å². The molecule has 208 valence electrons. The first-order chi connectivity index (χ1) is 21.8. The Hall–Kier alpha value is -5.74. The van der Waals surface area contributed by atoms with Gasteiger partial charge in [0.2, 0.25) is 0 Å². The molecule has 4 heterocycles. The van der Waals surface area contributed by atoms with Crippen LogP contribution < -0.4 is 0 Å². The molecule has 0 unspecified atom stereocenters. The van der Waals surface area contributed by atoms with E-state index in [9.17, 15) is 0 Å². The van der Waals surface area contributed by atoms with Crippen molar-refractivity contribution in [3.8, 4) is 45.5 Å². The molecule has 0 fully saturated rings. The molecule has 1 aliphatic rings. The SMILES string of the molecule is c1ccc(-c2cccc(-n3c4c(c5ccccc53)CCc3c-4n(-c4cccc(-c5ccccc5)n4)c4ccccc34)n2)cc1. The van der Waals surface area contributed by atoms with Crippen molar-refractivity contribution in [1.82, 2.24) is 19.1 Å². The molecule has 0 spiro atoms. The van der Waals surface area contributed by atoms with Gasteiger partial charge in [-0.15, -0.1) is 0 Å². The fraction of sp³-hybridized carbons (Fsp3) is 0.0500. The Labute approximate surface area is 255 Å². The van der Waals surface area contributed by atoms with E-state index in [2.05, 4.69) is 143 Å². The molecule has 0 N–H and O–H groups in total. The Bertz CT molecular complexity index is 2160. The molecule has 0 saturated carbocycles. The van der Waals surface area contributed by atoms with Crippen molar-refractivity contribution < 1.29 is 0 Å². The van der Waals surface area contributed by atoms with E-state index in [1.807, 2.05) is 12.1 Å². The first-order valence-electron chi connectivity index (χ1n) is 15.2. The molecule has 4 aromatic carbocycles. The van der Waals surface area contributed by atoms with E-state index in [-0.39, 0.29) is 0 Å². The molecular formula is C40H28N4. The summed E-state index contributed by atoms with van der Waals surface area (Å²) in [5, 5.41) is 2.56. The third-order valence-corrected chi connectivity index (χ3v) is 8.87. The van der Waals surface area contributed by atoms with E-state index in [1.165, 1.54) is 44.3 Å². The molecule has 8 aromatic rings. The number of aromatic nitrogens is 4. The number of fused-ring (bicyclic) bond motifs is 7. The number of benzene rings is 4. The normalized spacial score (nSPS) is 12.4. The predicted molar refractivity (Wildman–Crippen MR) is 179 cm³/mol. The molecule has 9 rings (SSSR count). The topological polar surface area (TPSA) is 35.6 Å². The van der Waals surface area contributed by atoms with Crippen LogP contribution in [0.15, 0.2) is 146 Å². The van der Waals surface area contributed by atoms with Gasteiger partial charge in [0.1, 0.15) is 11.6 Å². The molecule has 4 heteroatoms. The number of nitrogens with zero attached hydrogens (tertiary/aromatic N) is 4. The molecule has 0 atom stereocenters. The average Bonchev–Trinajstić information content (AvgIpc) is 3.62. The summed E-state index contributed by atoms with van der Waals surface area (Å²) in [5.74, 6) is 1.83. The average molecular weight is 565 g/mol. The number of hydrogen-bond donors (Lipinski definition) is 0. The van der Waals surface area contributed by atoms with Crippen molar-refractivity contribution in [2.75, 3.05) is 0 Å². The molecule has 0 bridgehead atoms. The van der Waals surface area contributed by atoms with Gasteiger partial charge < -0.3 is 0 Å². The van der Waals surface area contributed by atoms with Gasteiger partial charge in [0, 0.05) is 21.9 Å². The maximum absolute atomic E-state index is 5.26. The third kappa shape index (κ3) is 3.78. The molecule has 0 radical (unpaired) electrons. The highest BCUT2D eigenvalue weighted by Crippen LogP contribution is 2.46. The van der Waals surface area contributed by atoms with Gasteiger partial charge in [-0.1, -0.05) is 109 Å². The van der Waals surface area contributed by atoms with Crippen LogP contribution >= 0.6 is 0 Å². The minimum absolute atomic E-state index is 0.916. The summed E-state index contributed by atoms with van der Waals surface area (Å²) in [5.41, 5.74) is 11.6. The molecule has 1 aliphatic carbocycles. The van der Waals surface area contributed by atoms with Crippen LogP contribution in [0, 0.1) is 0 Å². The van der Waals surface area contributed by atoms with E-state index in [4.69, 9.17) is 9.97 Å². The summed E-state index contributed by atoms with van der Waals surface area (Å²) in [6.07, 6.45) is 1.94. The Morgan fingerprint density at radius 3 is 1.25 bits per heavy atom. The quantitative estimate of drug-likeness (QED) is 0.213. The maximum atomic E-state index is 5.26. The summed E-state index contributed by atoms with van der Waals surface area (Å²) in [6, 6.07) is 51.1. The second-order valence-corrected chi connectivity index (χ2v) is 11.4. The van der Waals surface area contributed by atoms with Crippen LogP contribution in [0.5, 0.6) is 0 Å². The Morgan fingerprint density at radius 1 is 0.386 bits per heavy atom. The van der Waals surface area contributed by atoms with Gasteiger partial charge in [-0.3, -0.25) is 9.13 Å². The highest BCUT2D eigenvalue weighted by molar-refractivity contribution is 6.00. The monoisotopic (exact) mass is 564 g/mol. The first-order valence-corrected chi connectivity index (χ1v) is 15.2. The van der Waals surface area contributed by atoms with E-state index in [1.54, 1.807) is 0 Å². The zero-order valence-electron chi connectivity index (χ0n) is 24.1. The van der Waals surface area contributed by atoms with Crippen molar-refractivity contribution in [3.63, 3.8) is 0 Å². The largest absolute Gasteiger partial charge is 0.292 e. The second-order valence-electron chi connectivity index (χ2n) is 11.4. The van der Waals surface area contributed by atoms with Crippen LogP contribution in [0.25, 0.3) is 67.3 Å². The lowest BCUT2D eigenvalue weighted by Crippen LogP contribution is -2.11. The molecule has 44 heavy (non-hydrogen) atoms. The Morgan fingerprint density at radius 2 is 0.795 bits per heavy atom. The second kappa shape index (κ2) is 9.92. The Balaban J connectivity index is 1.36. The van der Waals surface area contributed by atoms with E-state index in [0.29, 0.717) is 0 Å². The summed E-state index contributed by atoms with van der Waals surface area (Å²) in [7, 11) is 0. The summed E-state index contributed by atoms with van der Waals surface area (Å²) in [6.45, 7) is 0. The van der Waals surface area contributed by atoms with Crippen LogP contribution in [0.1, 0.15) is 11.1 Å². The number of pyridine rings is 2.